The molecule has 0 aromatic heterocycles. The highest BCUT2D eigenvalue weighted by molar-refractivity contribution is 5.75. The number of benzene rings is 1. The molecular formula is C29H38FNO2. The highest BCUT2D eigenvalue weighted by Gasteiger charge is 2.43. The van der Waals surface area contributed by atoms with E-state index in [1.807, 2.05) is 0 Å². The largest absolute Gasteiger partial charge is 0.426 e. The summed E-state index contributed by atoms with van der Waals surface area (Å²) in [5.74, 6) is 2.92. The second-order valence-electron chi connectivity index (χ2n) is 10.6. The van der Waals surface area contributed by atoms with E-state index in [2.05, 4.69) is 19.1 Å². The summed E-state index contributed by atoms with van der Waals surface area (Å²) in [7, 11) is 0. The molecule has 3 aliphatic carbocycles. The molecule has 4 unspecified atom stereocenters. The van der Waals surface area contributed by atoms with Gasteiger partial charge in [-0.25, -0.2) is 4.39 Å². The van der Waals surface area contributed by atoms with Gasteiger partial charge in [-0.15, -0.1) is 0 Å². The standard InChI is InChI=1S/C29H38FNO2/c1-2-3-4-6-20-9-11-21(12-10-20)22-14-16-26-23(17-22)7-5-8-27(26)29(32)33-25-15-13-24(19-31)28(30)18-25/h2-3,13,15,18,20-23,26-27H,4-12,14,16-17H2,1H3/b3-2+. The van der Waals surface area contributed by atoms with Crippen molar-refractivity contribution in [1.29, 1.82) is 5.26 Å². The van der Waals surface area contributed by atoms with Crippen LogP contribution in [0.2, 0.25) is 0 Å². The topological polar surface area (TPSA) is 50.1 Å². The minimum atomic E-state index is -0.638. The minimum absolute atomic E-state index is 0.0299. The van der Waals surface area contributed by atoms with Crippen molar-refractivity contribution in [2.24, 2.45) is 35.5 Å². The summed E-state index contributed by atoms with van der Waals surface area (Å²) in [6, 6.07) is 5.85. The Balaban J connectivity index is 1.30. The molecule has 0 aliphatic heterocycles. The molecule has 3 saturated carbocycles. The molecule has 1 aromatic carbocycles. The van der Waals surface area contributed by atoms with E-state index in [0.29, 0.717) is 11.8 Å². The Morgan fingerprint density at radius 2 is 1.88 bits per heavy atom. The molecule has 33 heavy (non-hydrogen) atoms. The van der Waals surface area contributed by atoms with Crippen molar-refractivity contribution in [1.82, 2.24) is 0 Å². The van der Waals surface area contributed by atoms with Gasteiger partial charge in [-0.2, -0.15) is 5.26 Å². The van der Waals surface area contributed by atoms with Crippen LogP contribution < -0.4 is 4.74 Å². The molecule has 0 bridgehead atoms. The lowest BCUT2D eigenvalue weighted by atomic mass is 9.59. The van der Waals surface area contributed by atoms with Crippen molar-refractivity contribution < 1.29 is 13.9 Å². The summed E-state index contributed by atoms with van der Waals surface area (Å²) in [5.41, 5.74) is -0.0299. The van der Waals surface area contributed by atoms with Crippen LogP contribution in [0.3, 0.4) is 0 Å². The Bertz CT molecular complexity index is 880. The van der Waals surface area contributed by atoms with Gasteiger partial charge in [-0.3, -0.25) is 4.79 Å². The first kappa shape index (κ1) is 24.0. The van der Waals surface area contributed by atoms with E-state index in [4.69, 9.17) is 10.00 Å². The highest BCUT2D eigenvalue weighted by Crippen LogP contribution is 2.50. The first-order valence-electron chi connectivity index (χ1n) is 13.1. The first-order chi connectivity index (χ1) is 16.1. The van der Waals surface area contributed by atoms with Gasteiger partial charge in [0.1, 0.15) is 17.6 Å². The lowest BCUT2D eigenvalue weighted by Gasteiger charge is -2.46. The number of fused-ring (bicyclic) bond motifs is 1. The Morgan fingerprint density at radius 3 is 2.61 bits per heavy atom. The molecule has 0 radical (unpaired) electrons. The Labute approximate surface area is 198 Å². The lowest BCUT2D eigenvalue weighted by Crippen LogP contribution is -2.40. The van der Waals surface area contributed by atoms with E-state index in [9.17, 15) is 9.18 Å². The number of nitrogens with zero attached hydrogens (tertiary/aromatic N) is 1. The number of nitriles is 1. The fourth-order valence-electron chi connectivity index (χ4n) is 7.01. The molecule has 4 heteroatoms. The molecule has 178 valence electrons. The molecule has 0 saturated heterocycles. The number of esters is 1. The predicted molar refractivity (Wildman–Crippen MR) is 128 cm³/mol. The molecule has 0 spiro atoms. The summed E-state index contributed by atoms with van der Waals surface area (Å²) in [6.45, 7) is 2.11. The van der Waals surface area contributed by atoms with Crippen molar-refractivity contribution >= 4 is 5.97 Å². The molecule has 0 N–H and O–H groups in total. The van der Waals surface area contributed by atoms with Crippen LogP contribution in [-0.4, -0.2) is 5.97 Å². The van der Waals surface area contributed by atoms with Crippen molar-refractivity contribution in [2.75, 3.05) is 0 Å². The van der Waals surface area contributed by atoms with Crippen LogP contribution in [0.25, 0.3) is 0 Å². The van der Waals surface area contributed by atoms with Gasteiger partial charge >= 0.3 is 5.97 Å². The van der Waals surface area contributed by atoms with Gasteiger partial charge in [0.25, 0.3) is 0 Å². The average Bonchev–Trinajstić information content (AvgIpc) is 2.84. The van der Waals surface area contributed by atoms with Crippen LogP contribution in [0.15, 0.2) is 30.4 Å². The molecule has 0 heterocycles. The van der Waals surface area contributed by atoms with Crippen LogP contribution in [0.4, 0.5) is 4.39 Å². The number of hydrogen-bond donors (Lipinski definition) is 0. The van der Waals surface area contributed by atoms with Gasteiger partial charge in [0.2, 0.25) is 0 Å². The Kier molecular flexibility index (Phi) is 8.23. The van der Waals surface area contributed by atoms with E-state index in [0.717, 1.165) is 43.1 Å². The first-order valence-corrected chi connectivity index (χ1v) is 13.1. The van der Waals surface area contributed by atoms with Crippen LogP contribution in [0.5, 0.6) is 5.75 Å². The number of ether oxygens (including phenoxy) is 1. The predicted octanol–water partition coefficient (Wildman–Crippen LogP) is 7.60. The smallest absolute Gasteiger partial charge is 0.314 e. The number of carbonyl (C=O) groups is 1. The van der Waals surface area contributed by atoms with Crippen LogP contribution in [-0.2, 0) is 4.79 Å². The van der Waals surface area contributed by atoms with Gasteiger partial charge in [0.05, 0.1) is 11.5 Å². The van der Waals surface area contributed by atoms with E-state index in [-0.39, 0.29) is 23.2 Å². The van der Waals surface area contributed by atoms with Crippen molar-refractivity contribution in [3.63, 3.8) is 0 Å². The van der Waals surface area contributed by atoms with E-state index >= 15 is 0 Å². The fourth-order valence-corrected chi connectivity index (χ4v) is 7.01. The summed E-state index contributed by atoms with van der Waals surface area (Å²) in [4.78, 5) is 13.0. The second kappa shape index (κ2) is 11.3. The number of rotatable bonds is 6. The fraction of sp³-hybridized carbons (Fsp3) is 0.655. The number of allylic oxidation sites excluding steroid dienone is 2. The van der Waals surface area contributed by atoms with Crippen LogP contribution in [0, 0.1) is 52.7 Å². The molecule has 4 rings (SSSR count). The van der Waals surface area contributed by atoms with Gasteiger partial charge < -0.3 is 4.74 Å². The maximum Gasteiger partial charge on any atom is 0.314 e. The SMILES string of the molecule is C/C=C/CCC1CCC(C2CCC3C(CCCC3C(=O)Oc3ccc(C#N)c(F)c3)C2)CC1. The molecule has 3 nitrogen and oxygen atoms in total. The van der Waals surface area contributed by atoms with Crippen molar-refractivity contribution in [3.05, 3.63) is 41.7 Å². The van der Waals surface area contributed by atoms with Gasteiger partial charge in [-0.1, -0.05) is 37.8 Å². The monoisotopic (exact) mass is 451 g/mol. The minimum Gasteiger partial charge on any atom is -0.426 e. The quantitative estimate of drug-likeness (QED) is 0.254. The van der Waals surface area contributed by atoms with E-state index < -0.39 is 5.82 Å². The van der Waals surface area contributed by atoms with Crippen molar-refractivity contribution in [3.8, 4) is 11.8 Å². The lowest BCUT2D eigenvalue weighted by molar-refractivity contribution is -0.144. The third-order valence-electron chi connectivity index (χ3n) is 8.81. The molecule has 3 aliphatic rings. The maximum absolute atomic E-state index is 13.9. The summed E-state index contributed by atoms with van der Waals surface area (Å²) in [5, 5.41) is 8.90. The Hall–Kier alpha value is -2.15. The molecular weight excluding hydrogens is 413 g/mol. The van der Waals surface area contributed by atoms with Gasteiger partial charge in [0.15, 0.2) is 0 Å². The normalized spacial score (nSPS) is 32.2. The van der Waals surface area contributed by atoms with Crippen molar-refractivity contribution in [2.45, 2.75) is 84.0 Å². The molecule has 0 amide bonds. The maximum atomic E-state index is 13.9. The summed E-state index contributed by atoms with van der Waals surface area (Å²) >= 11 is 0. The van der Waals surface area contributed by atoms with E-state index in [1.54, 1.807) is 6.07 Å². The van der Waals surface area contributed by atoms with Crippen LogP contribution in [0.1, 0.15) is 89.5 Å². The van der Waals surface area contributed by atoms with E-state index in [1.165, 1.54) is 69.9 Å². The third kappa shape index (κ3) is 5.86. The number of carbonyl (C=O) groups excluding carboxylic acids is 1. The zero-order valence-electron chi connectivity index (χ0n) is 20.0. The summed E-state index contributed by atoms with van der Waals surface area (Å²) in [6.07, 6.45) is 19.4. The zero-order valence-corrected chi connectivity index (χ0v) is 20.0. The average molecular weight is 452 g/mol. The molecule has 3 fully saturated rings. The van der Waals surface area contributed by atoms with Crippen LogP contribution >= 0.6 is 0 Å². The number of hydrogen-bond acceptors (Lipinski definition) is 3. The summed E-state index contributed by atoms with van der Waals surface area (Å²) < 4.78 is 19.5. The molecule has 1 aromatic rings. The molecule has 4 atom stereocenters. The Morgan fingerprint density at radius 1 is 1.09 bits per heavy atom. The number of halogens is 1. The third-order valence-corrected chi connectivity index (χ3v) is 8.81. The van der Waals surface area contributed by atoms with Gasteiger partial charge in [-0.05, 0) is 100 Å². The highest BCUT2D eigenvalue weighted by atomic mass is 19.1. The zero-order chi connectivity index (χ0) is 23.2. The van der Waals surface area contributed by atoms with Gasteiger partial charge in [0, 0.05) is 6.07 Å². The second-order valence-corrected chi connectivity index (χ2v) is 10.6.